The molecule has 0 aliphatic heterocycles. The van der Waals surface area contributed by atoms with Crippen LogP contribution in [0, 0.1) is 6.92 Å². The molecule has 3 aromatic rings. The first-order valence-corrected chi connectivity index (χ1v) is 7.74. The molecule has 1 heterocycles. The summed E-state index contributed by atoms with van der Waals surface area (Å²) in [6.07, 6.45) is 3.36. The number of anilines is 1. The van der Waals surface area contributed by atoms with E-state index in [1.54, 1.807) is 23.0 Å². The zero-order valence-corrected chi connectivity index (χ0v) is 14.0. The van der Waals surface area contributed by atoms with Crippen LogP contribution in [0.25, 0.3) is 11.8 Å². The summed E-state index contributed by atoms with van der Waals surface area (Å²) in [4.78, 5) is 11.0. The molecular weight excluding hydrogens is 342 g/mol. The lowest BCUT2D eigenvalue weighted by Gasteiger charge is -2.04. The van der Waals surface area contributed by atoms with E-state index in [1.807, 2.05) is 31.2 Å². The highest BCUT2D eigenvalue weighted by atomic mass is 35.5. The summed E-state index contributed by atoms with van der Waals surface area (Å²) < 4.78 is 1.61. The van der Waals surface area contributed by atoms with Gasteiger partial charge in [-0.05, 0) is 47.7 Å². The summed E-state index contributed by atoms with van der Waals surface area (Å²) in [5.74, 6) is -0.519. The number of rotatable bonds is 5. The summed E-state index contributed by atoms with van der Waals surface area (Å²) in [5, 5.41) is 23.8. The molecule has 0 bridgehead atoms. The molecule has 2 aromatic carbocycles. The Bertz CT molecular complexity index is 934. The molecule has 0 fully saturated rings. The topological polar surface area (TPSA) is 92.9 Å². The monoisotopic (exact) mass is 355 g/mol. The number of aromatic carboxylic acids is 1. The molecule has 0 spiro atoms. The number of tetrazole rings is 1. The Morgan fingerprint density at radius 2 is 2.00 bits per heavy atom. The number of carbonyl (C=O) groups is 1. The second-order valence-corrected chi connectivity index (χ2v) is 5.67. The van der Waals surface area contributed by atoms with Gasteiger partial charge in [-0.1, -0.05) is 29.3 Å². The quantitative estimate of drug-likeness (QED) is 0.728. The third-order valence-corrected chi connectivity index (χ3v) is 3.77. The Balaban J connectivity index is 1.75. The fourth-order valence-corrected chi connectivity index (χ4v) is 2.42. The van der Waals surface area contributed by atoms with Crippen LogP contribution >= 0.6 is 11.6 Å². The first-order chi connectivity index (χ1) is 12.0. The molecule has 0 saturated heterocycles. The van der Waals surface area contributed by atoms with Gasteiger partial charge in [0.2, 0.25) is 0 Å². The van der Waals surface area contributed by atoms with Gasteiger partial charge in [-0.3, -0.25) is 0 Å². The lowest BCUT2D eigenvalue weighted by molar-refractivity contribution is 0.0697. The molecule has 1 aromatic heterocycles. The number of aryl methyl sites for hydroxylation is 1. The molecule has 0 atom stereocenters. The van der Waals surface area contributed by atoms with Gasteiger partial charge in [-0.25, -0.2) is 4.79 Å². The summed E-state index contributed by atoms with van der Waals surface area (Å²) in [6, 6.07) is 12.4. The second-order valence-electron chi connectivity index (χ2n) is 5.26. The molecule has 0 saturated carbocycles. The summed E-state index contributed by atoms with van der Waals surface area (Å²) in [6.45, 7) is 2.01. The minimum Gasteiger partial charge on any atom is -0.478 e. The number of carboxylic acids is 1. The molecule has 0 radical (unpaired) electrons. The van der Waals surface area contributed by atoms with Gasteiger partial charge < -0.3 is 10.4 Å². The van der Waals surface area contributed by atoms with Gasteiger partial charge in [0.25, 0.3) is 0 Å². The number of carboxylic acid groups (broad SMARTS) is 1. The van der Waals surface area contributed by atoms with E-state index in [-0.39, 0.29) is 10.6 Å². The van der Waals surface area contributed by atoms with Gasteiger partial charge in [-0.15, -0.1) is 5.10 Å². The molecule has 25 heavy (non-hydrogen) atoms. The van der Waals surface area contributed by atoms with Crippen molar-refractivity contribution in [3.05, 3.63) is 70.6 Å². The Morgan fingerprint density at radius 1 is 1.24 bits per heavy atom. The lowest BCUT2D eigenvalue weighted by Crippen LogP contribution is -2.00. The highest BCUT2D eigenvalue weighted by Crippen LogP contribution is 2.21. The average Bonchev–Trinajstić information content (AvgIpc) is 3.04. The maximum absolute atomic E-state index is 11.0. The fourth-order valence-electron chi connectivity index (χ4n) is 2.16. The maximum Gasteiger partial charge on any atom is 0.337 e. The van der Waals surface area contributed by atoms with Crippen LogP contribution in [0.3, 0.4) is 0 Å². The molecule has 0 aliphatic rings. The van der Waals surface area contributed by atoms with Gasteiger partial charge in [0.15, 0.2) is 5.82 Å². The average molecular weight is 356 g/mol. The van der Waals surface area contributed by atoms with Gasteiger partial charge in [0, 0.05) is 18.0 Å². The van der Waals surface area contributed by atoms with Crippen molar-refractivity contribution >= 4 is 29.3 Å². The Labute approximate surface area is 148 Å². The van der Waals surface area contributed by atoms with Crippen molar-refractivity contribution in [2.24, 2.45) is 0 Å². The van der Waals surface area contributed by atoms with Crippen LogP contribution in [-0.2, 0) is 0 Å². The number of hydrogen-bond donors (Lipinski definition) is 2. The van der Waals surface area contributed by atoms with E-state index < -0.39 is 5.97 Å². The standard InChI is InChI=1S/C17H14ClN5O2/c1-11-2-5-13(6-3-11)23-16(20-21-22-23)8-9-19-12-4-7-14(17(24)25)15(18)10-12/h2-10,19H,1H3,(H,24,25)/b9-8-. The van der Waals surface area contributed by atoms with Crippen LogP contribution < -0.4 is 5.32 Å². The molecule has 0 amide bonds. The summed E-state index contributed by atoms with van der Waals surface area (Å²) >= 11 is 5.94. The second kappa shape index (κ2) is 7.14. The molecule has 0 aliphatic carbocycles. The third kappa shape index (κ3) is 3.84. The first kappa shape index (κ1) is 16.7. The summed E-state index contributed by atoms with van der Waals surface area (Å²) in [5.41, 5.74) is 2.71. The SMILES string of the molecule is Cc1ccc(-n2nnnc2/C=C\Nc2ccc(C(=O)O)c(Cl)c2)cc1. The number of hydrogen-bond acceptors (Lipinski definition) is 5. The number of benzene rings is 2. The zero-order chi connectivity index (χ0) is 17.8. The van der Waals surface area contributed by atoms with E-state index in [9.17, 15) is 4.79 Å². The molecule has 2 N–H and O–H groups in total. The minimum atomic E-state index is -1.07. The molecule has 126 valence electrons. The van der Waals surface area contributed by atoms with E-state index in [4.69, 9.17) is 16.7 Å². The van der Waals surface area contributed by atoms with Gasteiger partial charge in [-0.2, -0.15) is 4.68 Å². The van der Waals surface area contributed by atoms with Gasteiger partial charge in [0.05, 0.1) is 16.3 Å². The summed E-state index contributed by atoms with van der Waals surface area (Å²) in [7, 11) is 0. The normalized spacial score (nSPS) is 11.0. The minimum absolute atomic E-state index is 0.0551. The molecular formula is C17H14ClN5O2. The van der Waals surface area contributed by atoms with E-state index in [2.05, 4.69) is 20.8 Å². The fraction of sp³-hybridized carbons (Fsp3) is 0.0588. The molecule has 0 unspecified atom stereocenters. The number of nitrogens with one attached hydrogen (secondary N) is 1. The third-order valence-electron chi connectivity index (χ3n) is 3.45. The lowest BCUT2D eigenvalue weighted by atomic mass is 10.2. The van der Waals surface area contributed by atoms with Crippen molar-refractivity contribution < 1.29 is 9.90 Å². The molecule has 3 rings (SSSR count). The van der Waals surface area contributed by atoms with Crippen LogP contribution in [0.15, 0.2) is 48.7 Å². The molecule has 8 heteroatoms. The highest BCUT2D eigenvalue weighted by Gasteiger charge is 2.08. The van der Waals surface area contributed by atoms with Crippen LogP contribution in [0.4, 0.5) is 5.69 Å². The predicted molar refractivity (Wildman–Crippen MR) is 95.0 cm³/mol. The van der Waals surface area contributed by atoms with Crippen LogP contribution in [0.1, 0.15) is 21.7 Å². The van der Waals surface area contributed by atoms with Crippen molar-refractivity contribution in [2.45, 2.75) is 6.92 Å². The predicted octanol–water partition coefficient (Wildman–Crippen LogP) is 3.41. The maximum atomic E-state index is 11.0. The van der Waals surface area contributed by atoms with Crippen LogP contribution in [-0.4, -0.2) is 31.3 Å². The van der Waals surface area contributed by atoms with E-state index in [0.717, 1.165) is 11.3 Å². The number of halogens is 1. The Hall–Kier alpha value is -3.19. The van der Waals surface area contributed by atoms with Gasteiger partial charge in [0.1, 0.15) is 0 Å². The van der Waals surface area contributed by atoms with Crippen molar-refractivity contribution in [2.75, 3.05) is 5.32 Å². The van der Waals surface area contributed by atoms with E-state index in [0.29, 0.717) is 11.5 Å². The Morgan fingerprint density at radius 3 is 2.68 bits per heavy atom. The highest BCUT2D eigenvalue weighted by molar-refractivity contribution is 6.33. The van der Waals surface area contributed by atoms with Crippen molar-refractivity contribution in [1.29, 1.82) is 0 Å². The molecule has 7 nitrogen and oxygen atoms in total. The van der Waals surface area contributed by atoms with Gasteiger partial charge >= 0.3 is 5.97 Å². The number of nitrogens with zero attached hydrogens (tertiary/aromatic N) is 4. The van der Waals surface area contributed by atoms with E-state index in [1.165, 1.54) is 12.1 Å². The zero-order valence-electron chi connectivity index (χ0n) is 13.2. The van der Waals surface area contributed by atoms with Crippen molar-refractivity contribution in [1.82, 2.24) is 20.2 Å². The van der Waals surface area contributed by atoms with E-state index >= 15 is 0 Å². The smallest absolute Gasteiger partial charge is 0.337 e. The first-order valence-electron chi connectivity index (χ1n) is 7.36. The largest absolute Gasteiger partial charge is 0.478 e. The number of aromatic nitrogens is 4. The van der Waals surface area contributed by atoms with Crippen LogP contribution in [0.5, 0.6) is 0 Å². The van der Waals surface area contributed by atoms with Crippen molar-refractivity contribution in [3.8, 4) is 5.69 Å². The van der Waals surface area contributed by atoms with Crippen LogP contribution in [0.2, 0.25) is 5.02 Å². The Kier molecular flexibility index (Phi) is 4.76. The van der Waals surface area contributed by atoms with Crippen molar-refractivity contribution in [3.63, 3.8) is 0 Å².